The summed E-state index contributed by atoms with van der Waals surface area (Å²) >= 11 is 0. The van der Waals surface area contributed by atoms with Crippen molar-refractivity contribution in [2.24, 2.45) is 5.10 Å². The Morgan fingerprint density at radius 1 is 1.20 bits per heavy atom. The van der Waals surface area contributed by atoms with Crippen molar-refractivity contribution in [3.8, 4) is 17.5 Å². The van der Waals surface area contributed by atoms with E-state index in [0.717, 1.165) is 6.26 Å². The van der Waals surface area contributed by atoms with Crippen molar-refractivity contribution in [2.45, 2.75) is 19.9 Å². The first-order valence-electron chi connectivity index (χ1n) is 12.4. The normalized spacial score (nSPS) is 12.2. The first-order valence-corrected chi connectivity index (χ1v) is 14.3. The minimum atomic E-state index is -3.42. The maximum absolute atomic E-state index is 14.0. The van der Waals surface area contributed by atoms with Crippen LogP contribution in [0.2, 0.25) is 0 Å². The molecular weight excluding hydrogens is 544 g/mol. The maximum Gasteiger partial charge on any atom is 0.274 e. The second-order valence-corrected chi connectivity index (χ2v) is 10.7. The Balaban J connectivity index is 1.83. The SMILES string of the molecule is C=Nn1c(C=CC)nc(N)c1C(=O)NC(C)c1nc2cccc(C#CCNS(C)(=O)=O)c2c(=O)n1-c1ccccc1. The van der Waals surface area contributed by atoms with Gasteiger partial charge in [0.2, 0.25) is 10.0 Å². The lowest BCUT2D eigenvalue weighted by molar-refractivity contribution is 0.0930. The molecule has 210 valence electrons. The van der Waals surface area contributed by atoms with Gasteiger partial charge in [0.05, 0.1) is 35.4 Å². The van der Waals surface area contributed by atoms with Crippen molar-refractivity contribution in [3.63, 3.8) is 0 Å². The number of amides is 1. The molecule has 4 aromatic rings. The van der Waals surface area contributed by atoms with Gasteiger partial charge in [-0.25, -0.2) is 27.8 Å². The molecule has 2 aromatic carbocycles. The molecule has 1 atom stereocenters. The number of hydrogen-bond donors (Lipinski definition) is 3. The average molecular weight is 573 g/mol. The number of nitrogens with one attached hydrogen (secondary N) is 2. The number of nitrogens with two attached hydrogens (primary N) is 1. The van der Waals surface area contributed by atoms with E-state index < -0.39 is 27.5 Å². The topological polar surface area (TPSA) is 166 Å². The van der Waals surface area contributed by atoms with E-state index in [2.05, 4.69) is 38.7 Å². The van der Waals surface area contributed by atoms with Crippen molar-refractivity contribution in [3.05, 3.63) is 87.9 Å². The molecule has 4 rings (SSSR count). The van der Waals surface area contributed by atoms with Gasteiger partial charge < -0.3 is 11.1 Å². The van der Waals surface area contributed by atoms with Crippen LogP contribution in [0.1, 0.15) is 47.6 Å². The van der Waals surface area contributed by atoms with Crippen molar-refractivity contribution in [2.75, 3.05) is 18.5 Å². The third-order valence-electron chi connectivity index (χ3n) is 5.90. The molecule has 0 bridgehead atoms. The number of nitrogen functional groups attached to an aromatic ring is 1. The van der Waals surface area contributed by atoms with Gasteiger partial charge in [0.25, 0.3) is 11.5 Å². The highest BCUT2D eigenvalue weighted by Crippen LogP contribution is 2.22. The van der Waals surface area contributed by atoms with Crippen LogP contribution in [0.15, 0.2) is 64.5 Å². The number of fused-ring (bicyclic) bond motifs is 1. The zero-order valence-corrected chi connectivity index (χ0v) is 23.4. The summed E-state index contributed by atoms with van der Waals surface area (Å²) in [7, 11) is -3.42. The number of benzene rings is 2. The second kappa shape index (κ2) is 12.0. The fourth-order valence-electron chi connectivity index (χ4n) is 4.16. The predicted molar refractivity (Wildman–Crippen MR) is 159 cm³/mol. The monoisotopic (exact) mass is 572 g/mol. The van der Waals surface area contributed by atoms with E-state index in [-0.39, 0.29) is 29.3 Å². The molecule has 0 aliphatic heterocycles. The summed E-state index contributed by atoms with van der Waals surface area (Å²) in [6.45, 7) is 6.88. The smallest absolute Gasteiger partial charge is 0.274 e. The van der Waals surface area contributed by atoms with E-state index in [1.54, 1.807) is 68.5 Å². The molecule has 2 heterocycles. The van der Waals surface area contributed by atoms with E-state index in [0.29, 0.717) is 22.6 Å². The number of carbonyl (C=O) groups is 1. The Morgan fingerprint density at radius 3 is 2.59 bits per heavy atom. The van der Waals surface area contributed by atoms with E-state index in [9.17, 15) is 18.0 Å². The summed E-state index contributed by atoms with van der Waals surface area (Å²) in [6, 6.07) is 13.1. The standard InChI is InChI=1S/C28H28N8O4S/c1-5-11-22-34-25(29)24(36(22)30-3)27(37)32-18(2)26-33-21-16-9-12-19(13-10-17-31-41(4,39)40)23(21)28(38)35(26)20-14-7-6-8-15-20/h5-9,11-12,14-16,18,31H,3,17,29H2,1-2,4H3,(H,32,37). The van der Waals surface area contributed by atoms with E-state index in [1.165, 1.54) is 9.24 Å². The molecule has 2 aromatic heterocycles. The molecule has 13 heteroatoms. The van der Waals surface area contributed by atoms with Gasteiger partial charge in [-0.15, -0.1) is 0 Å². The Bertz CT molecular complexity index is 1900. The molecule has 12 nitrogen and oxygen atoms in total. The molecule has 0 fully saturated rings. The van der Waals surface area contributed by atoms with Crippen LogP contribution in [0.25, 0.3) is 22.7 Å². The van der Waals surface area contributed by atoms with Gasteiger partial charge in [-0.3, -0.25) is 14.2 Å². The Labute approximate surface area is 236 Å². The van der Waals surface area contributed by atoms with Crippen LogP contribution >= 0.6 is 0 Å². The van der Waals surface area contributed by atoms with Gasteiger partial charge >= 0.3 is 0 Å². The zero-order chi connectivity index (χ0) is 29.7. The molecular formula is C28H28N8O4S. The first-order chi connectivity index (χ1) is 19.6. The Kier molecular flexibility index (Phi) is 8.46. The summed E-state index contributed by atoms with van der Waals surface area (Å²) in [4.78, 5) is 36.3. The van der Waals surface area contributed by atoms with Crippen LogP contribution in [-0.4, -0.2) is 53.1 Å². The van der Waals surface area contributed by atoms with Gasteiger partial charge in [0, 0.05) is 12.3 Å². The minimum Gasteiger partial charge on any atom is -0.382 e. The second-order valence-electron chi connectivity index (χ2n) is 8.89. The molecule has 0 saturated heterocycles. The number of aromatic nitrogens is 4. The molecule has 0 spiro atoms. The molecule has 41 heavy (non-hydrogen) atoms. The van der Waals surface area contributed by atoms with Crippen LogP contribution in [0.5, 0.6) is 0 Å². The largest absolute Gasteiger partial charge is 0.382 e. The average Bonchev–Trinajstić information content (AvgIpc) is 3.25. The third-order valence-corrected chi connectivity index (χ3v) is 6.57. The van der Waals surface area contributed by atoms with Crippen molar-refractivity contribution in [1.82, 2.24) is 29.3 Å². The van der Waals surface area contributed by atoms with Gasteiger partial charge in [-0.2, -0.15) is 5.10 Å². The lowest BCUT2D eigenvalue weighted by Gasteiger charge is -2.20. The Hall–Kier alpha value is -5.06. The molecule has 0 aliphatic rings. The van der Waals surface area contributed by atoms with Crippen LogP contribution in [0.3, 0.4) is 0 Å². The highest BCUT2D eigenvalue weighted by Gasteiger charge is 2.25. The lowest BCUT2D eigenvalue weighted by atomic mass is 10.1. The van der Waals surface area contributed by atoms with Crippen LogP contribution in [0.4, 0.5) is 5.82 Å². The Morgan fingerprint density at radius 2 is 1.93 bits per heavy atom. The number of hydrogen-bond acceptors (Lipinski definition) is 8. The highest BCUT2D eigenvalue weighted by atomic mass is 32.2. The highest BCUT2D eigenvalue weighted by molar-refractivity contribution is 7.88. The lowest BCUT2D eigenvalue weighted by Crippen LogP contribution is -2.34. The van der Waals surface area contributed by atoms with E-state index in [4.69, 9.17) is 10.7 Å². The fraction of sp³-hybridized carbons (Fsp3) is 0.179. The summed E-state index contributed by atoms with van der Waals surface area (Å²) in [6.07, 6.45) is 4.40. The fourth-order valence-corrected chi connectivity index (χ4v) is 4.50. The van der Waals surface area contributed by atoms with Crippen LogP contribution in [0, 0.1) is 11.8 Å². The zero-order valence-electron chi connectivity index (χ0n) is 22.6. The van der Waals surface area contributed by atoms with Gasteiger partial charge in [-0.1, -0.05) is 42.2 Å². The quantitative estimate of drug-likeness (QED) is 0.215. The molecule has 1 amide bonds. The van der Waals surface area contributed by atoms with Crippen LogP contribution < -0.4 is 21.3 Å². The third kappa shape index (κ3) is 6.24. The van der Waals surface area contributed by atoms with E-state index in [1.807, 2.05) is 6.07 Å². The number of imidazole rings is 1. The molecule has 0 saturated carbocycles. The van der Waals surface area contributed by atoms with Gasteiger partial charge in [0.1, 0.15) is 5.82 Å². The van der Waals surface area contributed by atoms with Crippen molar-refractivity contribution in [1.29, 1.82) is 0 Å². The number of rotatable bonds is 8. The molecule has 4 N–H and O–H groups in total. The molecule has 0 aliphatic carbocycles. The van der Waals surface area contributed by atoms with Gasteiger partial charge in [-0.05, 0) is 44.2 Å². The maximum atomic E-state index is 14.0. The number of allylic oxidation sites excluding steroid dienone is 1. The summed E-state index contributed by atoms with van der Waals surface area (Å²) in [5.74, 6) is 5.58. The molecule has 1 unspecified atom stereocenters. The minimum absolute atomic E-state index is 0.00499. The summed E-state index contributed by atoms with van der Waals surface area (Å²) in [5.41, 5.74) is 6.88. The molecule has 0 radical (unpaired) electrons. The number of para-hydroxylation sites is 1. The van der Waals surface area contributed by atoms with Crippen molar-refractivity contribution < 1.29 is 13.2 Å². The number of carbonyl (C=O) groups excluding carboxylic acids is 1. The van der Waals surface area contributed by atoms with Crippen molar-refractivity contribution >= 4 is 45.4 Å². The first kappa shape index (κ1) is 28.9. The summed E-state index contributed by atoms with van der Waals surface area (Å²) < 4.78 is 27.7. The number of nitrogens with zero attached hydrogens (tertiary/aromatic N) is 5. The van der Waals surface area contributed by atoms with Crippen LogP contribution in [-0.2, 0) is 10.0 Å². The predicted octanol–water partition coefficient (Wildman–Crippen LogP) is 2.05. The van der Waals surface area contributed by atoms with E-state index >= 15 is 0 Å². The van der Waals surface area contributed by atoms with Gasteiger partial charge in [0.15, 0.2) is 17.3 Å². The summed E-state index contributed by atoms with van der Waals surface area (Å²) in [5, 5.41) is 6.97. The number of sulfonamides is 1. The number of anilines is 1.